The summed E-state index contributed by atoms with van der Waals surface area (Å²) in [5, 5.41) is 3.03. The van der Waals surface area contributed by atoms with Crippen LogP contribution in [-0.2, 0) is 19.6 Å². The van der Waals surface area contributed by atoms with Gasteiger partial charge in [0.2, 0.25) is 15.9 Å². The Morgan fingerprint density at radius 2 is 2.00 bits per heavy atom. The summed E-state index contributed by atoms with van der Waals surface area (Å²) >= 11 is 3.30. The molecule has 24 heavy (non-hydrogen) atoms. The zero-order chi connectivity index (χ0) is 17.2. The molecule has 1 atom stereocenters. The molecule has 0 spiro atoms. The highest BCUT2D eigenvalue weighted by Gasteiger charge is 2.36. The molecule has 1 aromatic rings. The van der Waals surface area contributed by atoms with Crippen molar-refractivity contribution in [2.75, 3.05) is 26.3 Å². The minimum absolute atomic E-state index is 0.0474. The summed E-state index contributed by atoms with van der Waals surface area (Å²) in [5.74, 6) is -0.330. The lowest BCUT2D eigenvalue weighted by molar-refractivity contribution is -0.125. The van der Waals surface area contributed by atoms with Gasteiger partial charge < -0.3 is 10.1 Å². The van der Waals surface area contributed by atoms with Crippen LogP contribution >= 0.6 is 15.9 Å². The Balaban J connectivity index is 1.63. The van der Waals surface area contributed by atoms with Gasteiger partial charge in [0.15, 0.2) is 0 Å². The van der Waals surface area contributed by atoms with E-state index in [1.807, 2.05) is 0 Å². The van der Waals surface area contributed by atoms with Gasteiger partial charge in [-0.1, -0.05) is 22.0 Å². The number of sulfonamides is 1. The number of hydrogen-bond acceptors (Lipinski definition) is 4. The topological polar surface area (TPSA) is 75.7 Å². The third-order valence-electron chi connectivity index (χ3n) is 4.52. The number of halogens is 1. The van der Waals surface area contributed by atoms with Gasteiger partial charge in [0, 0.05) is 36.8 Å². The first-order chi connectivity index (χ1) is 11.5. The maximum absolute atomic E-state index is 12.7. The first-order valence-electron chi connectivity index (χ1n) is 8.10. The molecule has 8 heteroatoms. The fraction of sp³-hybridized carbons (Fsp3) is 0.562. The van der Waals surface area contributed by atoms with Gasteiger partial charge >= 0.3 is 0 Å². The van der Waals surface area contributed by atoms with E-state index in [2.05, 4.69) is 21.2 Å². The highest BCUT2D eigenvalue weighted by atomic mass is 79.9. The number of benzene rings is 1. The molecule has 2 heterocycles. The number of carbonyl (C=O) groups excluding carboxylic acids is 1. The molecule has 1 N–H and O–H groups in total. The molecule has 132 valence electrons. The van der Waals surface area contributed by atoms with Crippen molar-refractivity contribution in [3.05, 3.63) is 28.7 Å². The summed E-state index contributed by atoms with van der Waals surface area (Å²) in [5.41, 5.74) is 0. The quantitative estimate of drug-likeness (QED) is 0.810. The average molecular weight is 417 g/mol. The van der Waals surface area contributed by atoms with Crippen molar-refractivity contribution < 1.29 is 17.9 Å². The van der Waals surface area contributed by atoms with E-state index in [0.717, 1.165) is 17.3 Å². The van der Waals surface area contributed by atoms with Gasteiger partial charge in [0.05, 0.1) is 10.8 Å². The van der Waals surface area contributed by atoms with Crippen LogP contribution < -0.4 is 5.32 Å². The highest BCUT2D eigenvalue weighted by molar-refractivity contribution is 9.10. The average Bonchev–Trinajstić information content (AvgIpc) is 3.07. The fourth-order valence-corrected chi connectivity index (χ4v) is 5.20. The molecule has 1 amide bonds. The number of carbonyl (C=O) groups is 1. The second-order valence-electron chi connectivity index (χ2n) is 6.20. The third kappa shape index (κ3) is 3.99. The molecule has 6 nitrogen and oxygen atoms in total. The highest BCUT2D eigenvalue weighted by Crippen LogP contribution is 2.26. The van der Waals surface area contributed by atoms with E-state index < -0.39 is 10.0 Å². The first kappa shape index (κ1) is 17.8. The maximum atomic E-state index is 12.7. The molecule has 0 radical (unpaired) electrons. The van der Waals surface area contributed by atoms with Crippen LogP contribution in [0.25, 0.3) is 0 Å². The second-order valence-corrected chi connectivity index (χ2v) is 9.05. The molecule has 0 aromatic heterocycles. The zero-order valence-corrected chi connectivity index (χ0v) is 15.7. The molecule has 2 aliphatic rings. The number of hydrogen-bond donors (Lipinski definition) is 1. The molecule has 1 aromatic carbocycles. The fourth-order valence-electron chi connectivity index (χ4n) is 3.10. The molecule has 0 aliphatic carbocycles. The number of nitrogens with zero attached hydrogens (tertiary/aromatic N) is 1. The molecular formula is C16H21BrN2O4S. The van der Waals surface area contributed by atoms with Crippen LogP contribution in [0.4, 0.5) is 0 Å². The largest absolute Gasteiger partial charge is 0.381 e. The van der Waals surface area contributed by atoms with Crippen molar-refractivity contribution >= 4 is 31.9 Å². The second kappa shape index (κ2) is 7.51. The van der Waals surface area contributed by atoms with Gasteiger partial charge in [-0.15, -0.1) is 0 Å². The smallest absolute Gasteiger partial charge is 0.243 e. The SMILES string of the molecule is O=C(NC1CCOCC1)C1CCN(S(=O)(=O)c2cccc(Br)c2)C1. The van der Waals surface area contributed by atoms with Crippen LogP contribution in [0.2, 0.25) is 0 Å². The van der Waals surface area contributed by atoms with E-state index in [4.69, 9.17) is 4.74 Å². The van der Waals surface area contributed by atoms with Gasteiger partial charge in [0.25, 0.3) is 0 Å². The first-order valence-corrected chi connectivity index (χ1v) is 10.3. The van der Waals surface area contributed by atoms with Crippen LogP contribution in [0.1, 0.15) is 19.3 Å². The minimum atomic E-state index is -3.56. The molecular weight excluding hydrogens is 396 g/mol. The summed E-state index contributed by atoms with van der Waals surface area (Å²) in [4.78, 5) is 12.6. The lowest BCUT2D eigenvalue weighted by Crippen LogP contribution is -2.42. The summed E-state index contributed by atoms with van der Waals surface area (Å²) in [6.45, 7) is 1.95. The Bertz CT molecular complexity index is 704. The third-order valence-corrected chi connectivity index (χ3v) is 6.88. The molecule has 0 saturated carbocycles. The summed E-state index contributed by atoms with van der Waals surface area (Å²) < 4.78 is 32.8. The van der Waals surface area contributed by atoms with Gasteiger partial charge in [0.1, 0.15) is 0 Å². The number of ether oxygens (including phenoxy) is 1. The number of amides is 1. The Morgan fingerprint density at radius 1 is 1.25 bits per heavy atom. The normalized spacial score (nSPS) is 23.3. The lowest BCUT2D eigenvalue weighted by atomic mass is 10.1. The molecule has 2 saturated heterocycles. The van der Waals surface area contributed by atoms with Gasteiger partial charge in [-0.3, -0.25) is 4.79 Å². The Kier molecular flexibility index (Phi) is 5.59. The monoisotopic (exact) mass is 416 g/mol. The summed E-state index contributed by atoms with van der Waals surface area (Å²) in [6, 6.07) is 6.79. The molecule has 0 bridgehead atoms. The van der Waals surface area contributed by atoms with E-state index in [1.54, 1.807) is 24.3 Å². The molecule has 1 unspecified atom stereocenters. The molecule has 2 fully saturated rings. The van der Waals surface area contributed by atoms with Gasteiger partial charge in [-0.25, -0.2) is 8.42 Å². The van der Waals surface area contributed by atoms with E-state index in [9.17, 15) is 13.2 Å². The van der Waals surface area contributed by atoms with Crippen molar-refractivity contribution in [3.8, 4) is 0 Å². The van der Waals surface area contributed by atoms with E-state index in [1.165, 1.54) is 4.31 Å². The van der Waals surface area contributed by atoms with Crippen LogP contribution in [-0.4, -0.2) is 51.0 Å². The Hall–Kier alpha value is -0.960. The zero-order valence-electron chi connectivity index (χ0n) is 13.3. The maximum Gasteiger partial charge on any atom is 0.243 e. The Morgan fingerprint density at radius 3 is 2.71 bits per heavy atom. The standard InChI is InChI=1S/C16H21BrN2O4S/c17-13-2-1-3-15(10-13)24(21,22)19-7-4-12(11-19)16(20)18-14-5-8-23-9-6-14/h1-3,10,12,14H,4-9,11H2,(H,18,20). The lowest BCUT2D eigenvalue weighted by Gasteiger charge is -2.24. The summed E-state index contributed by atoms with van der Waals surface area (Å²) in [7, 11) is -3.56. The van der Waals surface area contributed by atoms with Crippen molar-refractivity contribution in [2.45, 2.75) is 30.2 Å². The number of nitrogens with one attached hydrogen (secondary N) is 1. The van der Waals surface area contributed by atoms with E-state index in [0.29, 0.717) is 26.2 Å². The summed E-state index contributed by atoms with van der Waals surface area (Å²) in [6.07, 6.45) is 2.19. The van der Waals surface area contributed by atoms with E-state index >= 15 is 0 Å². The molecule has 3 rings (SSSR count). The number of rotatable bonds is 4. The van der Waals surface area contributed by atoms with Crippen LogP contribution in [0, 0.1) is 5.92 Å². The van der Waals surface area contributed by atoms with Crippen LogP contribution in [0.5, 0.6) is 0 Å². The molecule has 2 aliphatic heterocycles. The van der Waals surface area contributed by atoms with Crippen molar-refractivity contribution in [2.24, 2.45) is 5.92 Å². The van der Waals surface area contributed by atoms with Crippen molar-refractivity contribution in [1.29, 1.82) is 0 Å². The van der Waals surface area contributed by atoms with Gasteiger partial charge in [-0.2, -0.15) is 4.31 Å². The van der Waals surface area contributed by atoms with Crippen molar-refractivity contribution in [1.82, 2.24) is 9.62 Å². The minimum Gasteiger partial charge on any atom is -0.381 e. The van der Waals surface area contributed by atoms with Crippen LogP contribution in [0.15, 0.2) is 33.6 Å². The van der Waals surface area contributed by atoms with Crippen LogP contribution in [0.3, 0.4) is 0 Å². The Labute approximate surface area is 150 Å². The van der Waals surface area contributed by atoms with Gasteiger partial charge in [-0.05, 0) is 37.5 Å². The van der Waals surface area contributed by atoms with E-state index in [-0.39, 0.29) is 29.3 Å². The van der Waals surface area contributed by atoms with Crippen molar-refractivity contribution in [3.63, 3.8) is 0 Å². The predicted octanol–water partition coefficient (Wildman–Crippen LogP) is 1.75. The predicted molar refractivity (Wildman–Crippen MR) is 93.0 cm³/mol.